The Morgan fingerprint density at radius 2 is 2.26 bits per heavy atom. The first-order valence-electron chi connectivity index (χ1n) is 5.79. The Hall–Kier alpha value is -2.64. The maximum Gasteiger partial charge on any atom is 0.224 e. The minimum Gasteiger partial charge on any atom is -0.368 e. The number of hydrogen-bond donors (Lipinski definition) is 2. The van der Waals surface area contributed by atoms with Crippen molar-refractivity contribution in [3.63, 3.8) is 0 Å². The van der Waals surface area contributed by atoms with Gasteiger partial charge in [0, 0.05) is 32.4 Å². The van der Waals surface area contributed by atoms with Crippen molar-refractivity contribution in [3.05, 3.63) is 24.3 Å². The lowest BCUT2D eigenvalue weighted by Gasteiger charge is -2.17. The molecule has 3 aromatic rings. The van der Waals surface area contributed by atoms with Crippen LogP contribution in [-0.2, 0) is 13.6 Å². The van der Waals surface area contributed by atoms with E-state index in [0.29, 0.717) is 12.2 Å². The summed E-state index contributed by atoms with van der Waals surface area (Å²) in [5, 5.41) is 4.15. The molecule has 3 N–H and O–H groups in total. The van der Waals surface area contributed by atoms with Crippen molar-refractivity contribution in [2.45, 2.75) is 6.54 Å². The molecular formula is C11H14N8. The number of imidazole rings is 1. The zero-order chi connectivity index (χ0) is 13.4. The van der Waals surface area contributed by atoms with Gasteiger partial charge in [-0.25, -0.2) is 4.98 Å². The third-order valence-electron chi connectivity index (χ3n) is 2.82. The van der Waals surface area contributed by atoms with Crippen molar-refractivity contribution < 1.29 is 0 Å². The maximum absolute atomic E-state index is 5.70. The average Bonchev–Trinajstić information content (AvgIpc) is 2.96. The number of nitrogens with zero attached hydrogens (tertiary/aromatic N) is 6. The number of fused-ring (bicyclic) bond motifs is 1. The number of hydrogen-bond acceptors (Lipinski definition) is 6. The highest BCUT2D eigenvalue weighted by Crippen LogP contribution is 2.21. The summed E-state index contributed by atoms with van der Waals surface area (Å²) >= 11 is 0. The summed E-state index contributed by atoms with van der Waals surface area (Å²) < 4.78 is 1.77. The molecule has 3 rings (SSSR count). The summed E-state index contributed by atoms with van der Waals surface area (Å²) in [6, 6.07) is 0. The summed E-state index contributed by atoms with van der Waals surface area (Å²) in [4.78, 5) is 17.5. The fraction of sp³-hybridized carbons (Fsp3) is 0.273. The number of anilines is 2. The van der Waals surface area contributed by atoms with Crippen LogP contribution in [0.3, 0.4) is 0 Å². The molecule has 0 aromatic carbocycles. The van der Waals surface area contributed by atoms with Crippen LogP contribution < -0.4 is 10.6 Å². The third kappa shape index (κ3) is 2.07. The second-order valence-electron chi connectivity index (χ2n) is 4.38. The van der Waals surface area contributed by atoms with Crippen LogP contribution in [0.2, 0.25) is 0 Å². The SMILES string of the molecule is CN(Cc1cnn(C)c1)c1nc(N)nc2nc[nH]c12. The first-order chi connectivity index (χ1) is 9.13. The number of nitrogens with one attached hydrogen (secondary N) is 1. The number of nitrogen functional groups attached to an aromatic ring is 1. The van der Waals surface area contributed by atoms with Gasteiger partial charge in [0.2, 0.25) is 5.95 Å². The molecule has 0 spiro atoms. The van der Waals surface area contributed by atoms with Crippen molar-refractivity contribution in [1.29, 1.82) is 0 Å². The van der Waals surface area contributed by atoms with Gasteiger partial charge in [-0.2, -0.15) is 15.1 Å². The van der Waals surface area contributed by atoms with Crippen LogP contribution in [0.15, 0.2) is 18.7 Å². The summed E-state index contributed by atoms with van der Waals surface area (Å²) in [5.74, 6) is 0.941. The average molecular weight is 258 g/mol. The highest BCUT2D eigenvalue weighted by molar-refractivity contribution is 5.83. The smallest absolute Gasteiger partial charge is 0.224 e. The van der Waals surface area contributed by atoms with Gasteiger partial charge in [-0.05, 0) is 0 Å². The quantitative estimate of drug-likeness (QED) is 0.700. The zero-order valence-corrected chi connectivity index (χ0v) is 10.7. The number of nitrogens with two attached hydrogens (primary N) is 1. The number of aryl methyl sites for hydroxylation is 1. The Balaban J connectivity index is 1.96. The highest BCUT2D eigenvalue weighted by atomic mass is 15.3. The molecule has 0 aliphatic rings. The molecule has 8 nitrogen and oxygen atoms in total. The number of aromatic amines is 1. The van der Waals surface area contributed by atoms with Crippen LogP contribution in [0, 0.1) is 0 Å². The molecule has 8 heteroatoms. The molecule has 0 fully saturated rings. The van der Waals surface area contributed by atoms with Crippen LogP contribution in [0.25, 0.3) is 11.2 Å². The van der Waals surface area contributed by atoms with Crippen LogP contribution in [0.5, 0.6) is 0 Å². The standard InChI is InChI=1S/C11H14N8/c1-18(4-7-3-15-19(2)5-7)10-8-9(14-6-13-8)16-11(12)17-10/h3,5-6H,4H2,1-2H3,(H3,12,13,14,16,17). The van der Waals surface area contributed by atoms with Crippen molar-refractivity contribution in [3.8, 4) is 0 Å². The third-order valence-corrected chi connectivity index (χ3v) is 2.82. The molecule has 0 atom stereocenters. The first-order valence-corrected chi connectivity index (χ1v) is 5.79. The van der Waals surface area contributed by atoms with E-state index in [1.54, 1.807) is 11.0 Å². The zero-order valence-electron chi connectivity index (χ0n) is 10.7. The molecule has 0 unspecified atom stereocenters. The molecule has 3 heterocycles. The van der Waals surface area contributed by atoms with Gasteiger partial charge < -0.3 is 15.6 Å². The minimum absolute atomic E-state index is 0.215. The van der Waals surface area contributed by atoms with E-state index in [1.807, 2.05) is 31.4 Å². The summed E-state index contributed by atoms with van der Waals surface area (Å²) in [6.07, 6.45) is 5.37. The van der Waals surface area contributed by atoms with Gasteiger partial charge in [-0.15, -0.1) is 0 Å². The number of aromatic nitrogens is 6. The van der Waals surface area contributed by atoms with Crippen molar-refractivity contribution in [2.24, 2.45) is 7.05 Å². The lowest BCUT2D eigenvalue weighted by atomic mass is 10.3. The Labute approximate surface area is 109 Å². The Morgan fingerprint density at radius 1 is 1.42 bits per heavy atom. The molecule has 0 saturated heterocycles. The fourth-order valence-electron chi connectivity index (χ4n) is 2.01. The molecule has 0 aliphatic heterocycles. The molecule has 0 bridgehead atoms. The van der Waals surface area contributed by atoms with E-state index >= 15 is 0 Å². The monoisotopic (exact) mass is 258 g/mol. The molecule has 0 amide bonds. The molecule has 0 radical (unpaired) electrons. The predicted molar refractivity (Wildman–Crippen MR) is 71.4 cm³/mol. The molecule has 0 saturated carbocycles. The summed E-state index contributed by atoms with van der Waals surface area (Å²) in [7, 11) is 3.83. The van der Waals surface area contributed by atoms with Crippen LogP contribution in [-0.4, -0.2) is 36.8 Å². The number of rotatable bonds is 3. The maximum atomic E-state index is 5.70. The Bertz CT molecular complexity index is 712. The van der Waals surface area contributed by atoms with E-state index in [0.717, 1.165) is 16.9 Å². The van der Waals surface area contributed by atoms with Crippen LogP contribution in [0.1, 0.15) is 5.56 Å². The van der Waals surface area contributed by atoms with E-state index < -0.39 is 0 Å². The van der Waals surface area contributed by atoms with Crippen molar-refractivity contribution in [1.82, 2.24) is 29.7 Å². The summed E-state index contributed by atoms with van der Waals surface area (Å²) in [5.41, 5.74) is 8.14. The fourth-order valence-corrected chi connectivity index (χ4v) is 2.01. The molecule has 19 heavy (non-hydrogen) atoms. The Kier molecular flexibility index (Phi) is 2.55. The molecule has 98 valence electrons. The second kappa shape index (κ2) is 4.23. The van der Waals surface area contributed by atoms with E-state index in [4.69, 9.17) is 5.73 Å². The summed E-state index contributed by atoms with van der Waals surface area (Å²) in [6.45, 7) is 0.679. The Morgan fingerprint density at radius 3 is 3.00 bits per heavy atom. The van der Waals surface area contributed by atoms with Crippen LogP contribution >= 0.6 is 0 Å². The van der Waals surface area contributed by atoms with Gasteiger partial charge in [0.05, 0.1) is 12.5 Å². The van der Waals surface area contributed by atoms with E-state index in [1.165, 1.54) is 0 Å². The van der Waals surface area contributed by atoms with Crippen LogP contribution in [0.4, 0.5) is 11.8 Å². The molecule has 0 aliphatic carbocycles. The van der Waals surface area contributed by atoms with Gasteiger partial charge in [0.1, 0.15) is 5.52 Å². The van der Waals surface area contributed by atoms with Gasteiger partial charge in [-0.1, -0.05) is 0 Å². The lowest BCUT2D eigenvalue weighted by molar-refractivity contribution is 0.766. The highest BCUT2D eigenvalue weighted by Gasteiger charge is 2.13. The van der Waals surface area contributed by atoms with E-state index in [9.17, 15) is 0 Å². The lowest BCUT2D eigenvalue weighted by Crippen LogP contribution is -2.18. The van der Waals surface area contributed by atoms with Gasteiger partial charge in [-0.3, -0.25) is 4.68 Å². The van der Waals surface area contributed by atoms with Gasteiger partial charge in [0.25, 0.3) is 0 Å². The van der Waals surface area contributed by atoms with E-state index in [-0.39, 0.29) is 5.95 Å². The van der Waals surface area contributed by atoms with E-state index in [2.05, 4.69) is 25.0 Å². The van der Waals surface area contributed by atoms with Gasteiger partial charge in [0.15, 0.2) is 11.5 Å². The second-order valence-corrected chi connectivity index (χ2v) is 4.38. The normalized spacial score (nSPS) is 11.1. The largest absolute Gasteiger partial charge is 0.368 e. The molecular weight excluding hydrogens is 244 g/mol. The number of H-pyrrole nitrogens is 1. The topological polar surface area (TPSA) is 102 Å². The van der Waals surface area contributed by atoms with Crippen molar-refractivity contribution >= 4 is 22.9 Å². The predicted octanol–water partition coefficient (Wildman–Crippen LogP) is 0.305. The molecule has 3 aromatic heterocycles. The first kappa shape index (κ1) is 11.5. The van der Waals surface area contributed by atoms with Gasteiger partial charge >= 0.3 is 0 Å². The minimum atomic E-state index is 0.215. The van der Waals surface area contributed by atoms with Crippen molar-refractivity contribution in [2.75, 3.05) is 17.7 Å².